The molecule has 0 amide bonds. The van der Waals surface area contributed by atoms with Gasteiger partial charge in [-0.15, -0.1) is 0 Å². The third kappa shape index (κ3) is 3.23. The molecule has 0 aliphatic carbocycles. The van der Waals surface area contributed by atoms with Crippen molar-refractivity contribution in [2.45, 2.75) is 12.8 Å². The predicted molar refractivity (Wildman–Crippen MR) is 91.2 cm³/mol. The number of para-hydroxylation sites is 1. The number of benzene rings is 1. The van der Waals surface area contributed by atoms with Gasteiger partial charge in [0.25, 0.3) is 0 Å². The van der Waals surface area contributed by atoms with Crippen molar-refractivity contribution in [3.05, 3.63) is 53.7 Å². The van der Waals surface area contributed by atoms with E-state index in [1.54, 1.807) is 25.4 Å². The van der Waals surface area contributed by atoms with Crippen LogP contribution in [0.25, 0.3) is 0 Å². The second kappa shape index (κ2) is 7.14. The van der Waals surface area contributed by atoms with Crippen LogP contribution in [-0.2, 0) is 0 Å². The minimum absolute atomic E-state index is 0.0948. The lowest BCUT2D eigenvalue weighted by Crippen LogP contribution is -2.39. The number of Topliss-reactive ketones (excluding diaryl/α,β-unsaturated/α-hetero) is 1. The lowest BCUT2D eigenvalue weighted by atomic mass is 9.89. The summed E-state index contributed by atoms with van der Waals surface area (Å²) in [6.45, 7) is 1.45. The fourth-order valence-corrected chi connectivity index (χ4v) is 3.13. The number of nitrogens with zero attached hydrogens (tertiary/aromatic N) is 3. The number of carbonyl (C=O) groups excluding carboxylic acids is 1. The number of rotatable bonds is 4. The summed E-state index contributed by atoms with van der Waals surface area (Å²) in [7, 11) is 1.58. The molecule has 1 aromatic heterocycles. The number of anilines is 1. The molecule has 0 radical (unpaired) electrons. The van der Waals surface area contributed by atoms with Gasteiger partial charge in [-0.25, -0.2) is 4.98 Å². The number of ether oxygens (including phenoxy) is 1. The van der Waals surface area contributed by atoms with E-state index >= 15 is 0 Å². The first-order chi connectivity index (χ1) is 11.7. The Labute approximate surface area is 141 Å². The highest BCUT2D eigenvalue weighted by Gasteiger charge is 2.28. The Balaban J connectivity index is 1.80. The van der Waals surface area contributed by atoms with E-state index in [0.717, 1.165) is 25.2 Å². The number of nitriles is 1. The summed E-state index contributed by atoms with van der Waals surface area (Å²) in [6, 6.07) is 12.9. The van der Waals surface area contributed by atoms with Crippen molar-refractivity contribution in [3.63, 3.8) is 0 Å². The Morgan fingerprint density at radius 3 is 3.00 bits per heavy atom. The van der Waals surface area contributed by atoms with E-state index in [9.17, 15) is 4.79 Å². The molecule has 5 heteroatoms. The van der Waals surface area contributed by atoms with Gasteiger partial charge in [-0.2, -0.15) is 5.26 Å². The predicted octanol–water partition coefficient (Wildman–Crippen LogP) is 3.06. The zero-order valence-corrected chi connectivity index (χ0v) is 13.6. The van der Waals surface area contributed by atoms with Gasteiger partial charge in [0.1, 0.15) is 11.6 Å². The van der Waals surface area contributed by atoms with Gasteiger partial charge in [0.15, 0.2) is 5.78 Å². The second-order valence-electron chi connectivity index (χ2n) is 5.86. The van der Waals surface area contributed by atoms with Crippen molar-refractivity contribution in [1.82, 2.24) is 4.98 Å². The van der Waals surface area contributed by atoms with Crippen molar-refractivity contribution in [2.24, 2.45) is 5.92 Å². The zero-order chi connectivity index (χ0) is 16.9. The summed E-state index contributed by atoms with van der Waals surface area (Å²) < 4.78 is 5.32. The summed E-state index contributed by atoms with van der Waals surface area (Å²) in [4.78, 5) is 19.3. The lowest BCUT2D eigenvalue weighted by Gasteiger charge is -2.33. The van der Waals surface area contributed by atoms with Crippen LogP contribution in [0, 0.1) is 17.2 Å². The maximum absolute atomic E-state index is 12.9. The molecule has 0 unspecified atom stereocenters. The van der Waals surface area contributed by atoms with E-state index in [0.29, 0.717) is 23.4 Å². The van der Waals surface area contributed by atoms with Gasteiger partial charge in [0.2, 0.25) is 0 Å². The molecule has 2 heterocycles. The largest absolute Gasteiger partial charge is 0.496 e. The van der Waals surface area contributed by atoms with E-state index in [4.69, 9.17) is 10.00 Å². The van der Waals surface area contributed by atoms with Gasteiger partial charge >= 0.3 is 0 Å². The van der Waals surface area contributed by atoms with Crippen LogP contribution >= 0.6 is 0 Å². The lowest BCUT2D eigenvalue weighted by molar-refractivity contribution is 0.0904. The average Bonchev–Trinajstić information content (AvgIpc) is 2.67. The van der Waals surface area contributed by atoms with E-state index < -0.39 is 0 Å². The molecular formula is C19H19N3O2. The summed E-state index contributed by atoms with van der Waals surface area (Å²) in [5, 5.41) is 9.04. The Morgan fingerprint density at radius 2 is 2.21 bits per heavy atom. The van der Waals surface area contributed by atoms with Gasteiger partial charge < -0.3 is 9.64 Å². The number of hydrogen-bond acceptors (Lipinski definition) is 5. The van der Waals surface area contributed by atoms with Crippen molar-refractivity contribution >= 4 is 11.6 Å². The van der Waals surface area contributed by atoms with E-state index in [1.165, 1.54) is 0 Å². The molecule has 0 bridgehead atoms. The molecule has 5 nitrogen and oxygen atoms in total. The van der Waals surface area contributed by atoms with Crippen LogP contribution in [0.1, 0.15) is 28.8 Å². The van der Waals surface area contributed by atoms with Crippen LogP contribution in [0.2, 0.25) is 0 Å². The van der Waals surface area contributed by atoms with Crippen LogP contribution in [0.15, 0.2) is 42.6 Å². The monoisotopic (exact) mass is 321 g/mol. The van der Waals surface area contributed by atoms with Crippen LogP contribution in [0.4, 0.5) is 5.82 Å². The number of pyridine rings is 1. The molecule has 0 spiro atoms. The standard InChI is InChI=1S/C19H19N3O2/c1-24-17-7-3-2-6-16(17)19(23)15-5-4-10-22(13-15)18-11-14(12-20)8-9-21-18/h2-3,6-9,11,15H,4-5,10,13H2,1H3/t15-/m0/s1. The normalized spacial score (nSPS) is 17.2. The Morgan fingerprint density at radius 1 is 1.38 bits per heavy atom. The summed E-state index contributed by atoms with van der Waals surface area (Å²) in [5.41, 5.74) is 1.21. The molecule has 0 saturated carbocycles. The van der Waals surface area contributed by atoms with E-state index in [2.05, 4.69) is 16.0 Å². The highest BCUT2D eigenvalue weighted by molar-refractivity contribution is 6.00. The highest BCUT2D eigenvalue weighted by atomic mass is 16.5. The summed E-state index contributed by atoms with van der Waals surface area (Å²) in [5.74, 6) is 1.38. The van der Waals surface area contributed by atoms with Crippen LogP contribution in [0.3, 0.4) is 0 Å². The van der Waals surface area contributed by atoms with E-state index in [-0.39, 0.29) is 11.7 Å². The van der Waals surface area contributed by atoms with Crippen molar-refractivity contribution in [3.8, 4) is 11.8 Å². The van der Waals surface area contributed by atoms with Gasteiger partial charge in [-0.05, 0) is 37.1 Å². The molecule has 1 aliphatic rings. The molecule has 1 atom stereocenters. The number of carbonyl (C=O) groups is 1. The fraction of sp³-hybridized carbons (Fsp3) is 0.316. The molecule has 2 aromatic rings. The number of methoxy groups -OCH3 is 1. The minimum atomic E-state index is -0.0948. The zero-order valence-electron chi connectivity index (χ0n) is 13.6. The third-order valence-corrected chi connectivity index (χ3v) is 4.36. The fourth-order valence-electron chi connectivity index (χ4n) is 3.13. The first-order valence-corrected chi connectivity index (χ1v) is 8.01. The molecule has 1 saturated heterocycles. The van der Waals surface area contributed by atoms with Gasteiger partial charge in [-0.1, -0.05) is 12.1 Å². The van der Waals surface area contributed by atoms with Crippen LogP contribution in [-0.4, -0.2) is 31.0 Å². The van der Waals surface area contributed by atoms with Gasteiger partial charge in [0, 0.05) is 25.2 Å². The minimum Gasteiger partial charge on any atom is -0.496 e. The van der Waals surface area contributed by atoms with Gasteiger partial charge in [0.05, 0.1) is 24.3 Å². The average molecular weight is 321 g/mol. The molecule has 1 fully saturated rings. The molecule has 1 aliphatic heterocycles. The van der Waals surface area contributed by atoms with Crippen LogP contribution < -0.4 is 9.64 Å². The Bertz CT molecular complexity index is 782. The molecule has 3 rings (SSSR count). The van der Waals surface area contributed by atoms with Crippen LogP contribution in [0.5, 0.6) is 5.75 Å². The van der Waals surface area contributed by atoms with E-state index in [1.807, 2.05) is 24.3 Å². The molecule has 1 aromatic carbocycles. The Kier molecular flexibility index (Phi) is 4.76. The first-order valence-electron chi connectivity index (χ1n) is 8.01. The maximum Gasteiger partial charge on any atom is 0.171 e. The molecule has 24 heavy (non-hydrogen) atoms. The second-order valence-corrected chi connectivity index (χ2v) is 5.86. The maximum atomic E-state index is 12.9. The van der Waals surface area contributed by atoms with Gasteiger partial charge in [-0.3, -0.25) is 4.79 Å². The van der Waals surface area contributed by atoms with Crippen molar-refractivity contribution in [2.75, 3.05) is 25.1 Å². The Hall–Kier alpha value is -2.87. The number of ketones is 1. The number of hydrogen-bond donors (Lipinski definition) is 0. The summed E-state index contributed by atoms with van der Waals surface area (Å²) in [6.07, 6.45) is 3.41. The van der Waals surface area contributed by atoms with Crippen molar-refractivity contribution < 1.29 is 9.53 Å². The molecular weight excluding hydrogens is 302 g/mol. The quantitative estimate of drug-likeness (QED) is 0.810. The smallest absolute Gasteiger partial charge is 0.171 e. The first kappa shape index (κ1) is 16.0. The number of aromatic nitrogens is 1. The number of piperidine rings is 1. The SMILES string of the molecule is COc1ccccc1C(=O)[C@H]1CCCN(c2cc(C#N)ccn2)C1. The molecule has 122 valence electrons. The molecule has 0 N–H and O–H groups in total. The topological polar surface area (TPSA) is 66.2 Å². The summed E-state index contributed by atoms with van der Waals surface area (Å²) >= 11 is 0. The van der Waals surface area contributed by atoms with Crippen molar-refractivity contribution in [1.29, 1.82) is 5.26 Å². The third-order valence-electron chi connectivity index (χ3n) is 4.36. The highest BCUT2D eigenvalue weighted by Crippen LogP contribution is 2.28.